The summed E-state index contributed by atoms with van der Waals surface area (Å²) in [5.74, 6) is -1.15. The van der Waals surface area contributed by atoms with Crippen molar-refractivity contribution in [2.24, 2.45) is 0 Å². The van der Waals surface area contributed by atoms with E-state index in [4.69, 9.17) is 0 Å². The Hall–Kier alpha value is -4.07. The first-order valence-corrected chi connectivity index (χ1v) is 7.74. The molecule has 0 unspecified atom stereocenters. The van der Waals surface area contributed by atoms with Gasteiger partial charge in [0.05, 0.1) is 15.4 Å². The summed E-state index contributed by atoms with van der Waals surface area (Å²) in [6, 6.07) is 16.2. The molecule has 0 spiro atoms. The molecule has 0 aromatic heterocycles. The molecule has 3 aromatic carbocycles. The Morgan fingerprint density at radius 2 is 1.15 bits per heavy atom. The normalized spacial score (nSPS) is 10.4. The molecule has 0 saturated carbocycles. The second kappa shape index (κ2) is 7.04. The summed E-state index contributed by atoms with van der Waals surface area (Å²) < 4.78 is 0. The molecule has 3 aromatic rings. The number of nitro benzene ring substituents is 2. The van der Waals surface area contributed by atoms with Gasteiger partial charge in [-0.15, -0.1) is 0 Å². The second-order valence-corrected chi connectivity index (χ2v) is 5.67. The highest BCUT2D eigenvalue weighted by molar-refractivity contribution is 5.97. The highest BCUT2D eigenvalue weighted by Gasteiger charge is 2.15. The summed E-state index contributed by atoms with van der Waals surface area (Å²) >= 11 is 0. The van der Waals surface area contributed by atoms with Gasteiger partial charge in [0.15, 0.2) is 0 Å². The van der Waals surface area contributed by atoms with Crippen molar-refractivity contribution in [1.29, 1.82) is 0 Å². The van der Waals surface area contributed by atoms with Crippen LogP contribution in [0.4, 0.5) is 11.4 Å². The maximum absolute atomic E-state index is 11.7. The summed E-state index contributed by atoms with van der Waals surface area (Å²) in [4.78, 5) is 32.2. The predicted molar refractivity (Wildman–Crippen MR) is 97.6 cm³/mol. The molecule has 0 heterocycles. The lowest BCUT2D eigenvalue weighted by molar-refractivity contribution is -0.385. The fourth-order valence-corrected chi connectivity index (χ4v) is 2.69. The first-order chi connectivity index (χ1) is 12.9. The molecule has 0 aliphatic heterocycles. The van der Waals surface area contributed by atoms with Crippen LogP contribution in [0.25, 0.3) is 22.3 Å². The number of non-ortho nitro benzene ring substituents is 2. The first kappa shape index (κ1) is 17.7. The number of rotatable bonds is 5. The molecule has 0 aliphatic rings. The first-order valence-electron chi connectivity index (χ1n) is 7.74. The third kappa shape index (κ3) is 3.64. The highest BCUT2D eigenvalue weighted by Crippen LogP contribution is 2.31. The van der Waals surface area contributed by atoms with E-state index in [1.165, 1.54) is 42.5 Å². The van der Waals surface area contributed by atoms with E-state index in [0.717, 1.165) is 0 Å². The molecular formula is C19H12N2O6. The van der Waals surface area contributed by atoms with Crippen molar-refractivity contribution in [3.63, 3.8) is 0 Å². The number of aromatic carboxylic acids is 1. The number of nitro groups is 2. The van der Waals surface area contributed by atoms with E-state index in [1.54, 1.807) is 24.3 Å². The third-order valence-corrected chi connectivity index (χ3v) is 4.05. The number of carboxylic acid groups (broad SMARTS) is 1. The Balaban J connectivity index is 2.03. The van der Waals surface area contributed by atoms with E-state index < -0.39 is 15.8 Å². The van der Waals surface area contributed by atoms with Gasteiger partial charge in [0.1, 0.15) is 0 Å². The van der Waals surface area contributed by atoms with Crippen LogP contribution in [0.2, 0.25) is 0 Å². The fourth-order valence-electron chi connectivity index (χ4n) is 2.69. The SMILES string of the molecule is O=C(O)c1cc(-c2ccc([N+](=O)[O-])cc2)ccc1-c1ccc([N+](=O)[O-])cc1. The predicted octanol–water partition coefficient (Wildman–Crippen LogP) is 4.54. The Kier molecular flexibility index (Phi) is 4.63. The van der Waals surface area contributed by atoms with Crippen molar-refractivity contribution in [1.82, 2.24) is 0 Å². The Labute approximate surface area is 152 Å². The van der Waals surface area contributed by atoms with Crippen molar-refractivity contribution in [3.8, 4) is 22.3 Å². The molecule has 134 valence electrons. The number of hydrogen-bond acceptors (Lipinski definition) is 5. The molecule has 0 aliphatic carbocycles. The van der Waals surface area contributed by atoms with Gasteiger partial charge in [-0.25, -0.2) is 4.79 Å². The summed E-state index contributed by atoms with van der Waals surface area (Å²) in [7, 11) is 0. The zero-order valence-electron chi connectivity index (χ0n) is 13.7. The largest absolute Gasteiger partial charge is 0.478 e. The second-order valence-electron chi connectivity index (χ2n) is 5.67. The van der Waals surface area contributed by atoms with Crippen molar-refractivity contribution in [2.75, 3.05) is 0 Å². The monoisotopic (exact) mass is 364 g/mol. The van der Waals surface area contributed by atoms with Crippen LogP contribution in [-0.2, 0) is 0 Å². The Bertz CT molecular complexity index is 1040. The molecule has 8 heteroatoms. The van der Waals surface area contributed by atoms with E-state index in [0.29, 0.717) is 22.3 Å². The van der Waals surface area contributed by atoms with Gasteiger partial charge < -0.3 is 5.11 Å². The smallest absolute Gasteiger partial charge is 0.336 e. The average Bonchev–Trinajstić information content (AvgIpc) is 2.67. The molecule has 0 atom stereocenters. The van der Waals surface area contributed by atoms with E-state index in [-0.39, 0.29) is 16.9 Å². The standard InChI is InChI=1S/C19H12N2O6/c22-19(23)18-11-14(12-1-6-15(7-2-12)20(24)25)5-10-17(18)13-3-8-16(9-4-13)21(26)27/h1-11H,(H,22,23). The molecule has 27 heavy (non-hydrogen) atoms. The molecule has 3 rings (SSSR count). The van der Waals surface area contributed by atoms with Gasteiger partial charge in [-0.3, -0.25) is 20.2 Å². The van der Waals surface area contributed by atoms with E-state index >= 15 is 0 Å². The van der Waals surface area contributed by atoms with Gasteiger partial charge in [-0.2, -0.15) is 0 Å². The van der Waals surface area contributed by atoms with Gasteiger partial charge in [0.2, 0.25) is 0 Å². The van der Waals surface area contributed by atoms with Crippen LogP contribution in [0, 0.1) is 20.2 Å². The number of carboxylic acids is 1. The van der Waals surface area contributed by atoms with Crippen LogP contribution < -0.4 is 0 Å². The van der Waals surface area contributed by atoms with Gasteiger partial charge in [-0.05, 0) is 52.6 Å². The van der Waals surface area contributed by atoms with Gasteiger partial charge in [-0.1, -0.05) is 12.1 Å². The minimum atomic E-state index is -1.15. The molecule has 0 amide bonds. The maximum atomic E-state index is 11.7. The molecule has 1 N–H and O–H groups in total. The van der Waals surface area contributed by atoms with Gasteiger partial charge in [0, 0.05) is 24.3 Å². The maximum Gasteiger partial charge on any atom is 0.336 e. The number of hydrogen-bond donors (Lipinski definition) is 1. The lowest BCUT2D eigenvalue weighted by atomic mass is 9.95. The van der Waals surface area contributed by atoms with Crippen LogP contribution in [0.1, 0.15) is 10.4 Å². The van der Waals surface area contributed by atoms with Crippen molar-refractivity contribution >= 4 is 17.3 Å². The summed E-state index contributed by atoms with van der Waals surface area (Å²) in [5, 5.41) is 31.1. The van der Waals surface area contributed by atoms with Crippen LogP contribution in [0.3, 0.4) is 0 Å². The van der Waals surface area contributed by atoms with Crippen LogP contribution in [0.15, 0.2) is 66.7 Å². The molecule has 0 saturated heterocycles. The fraction of sp³-hybridized carbons (Fsp3) is 0. The zero-order chi connectivity index (χ0) is 19.6. The Morgan fingerprint density at radius 1 is 0.704 bits per heavy atom. The number of carbonyl (C=O) groups is 1. The van der Waals surface area contributed by atoms with Gasteiger partial charge >= 0.3 is 5.97 Å². The average molecular weight is 364 g/mol. The quantitative estimate of drug-likeness (QED) is 0.524. The van der Waals surface area contributed by atoms with E-state index in [1.807, 2.05) is 0 Å². The van der Waals surface area contributed by atoms with Crippen LogP contribution in [0.5, 0.6) is 0 Å². The molecule has 0 fully saturated rings. The number of benzene rings is 3. The summed E-state index contributed by atoms with van der Waals surface area (Å²) in [6.45, 7) is 0. The minimum Gasteiger partial charge on any atom is -0.478 e. The molecule has 0 radical (unpaired) electrons. The minimum absolute atomic E-state index is 0.0275. The topological polar surface area (TPSA) is 124 Å². The van der Waals surface area contributed by atoms with Gasteiger partial charge in [0.25, 0.3) is 11.4 Å². The summed E-state index contributed by atoms with van der Waals surface area (Å²) in [6.07, 6.45) is 0. The van der Waals surface area contributed by atoms with Crippen LogP contribution in [-0.4, -0.2) is 20.9 Å². The van der Waals surface area contributed by atoms with Crippen LogP contribution >= 0.6 is 0 Å². The summed E-state index contributed by atoms with van der Waals surface area (Å²) in [5.41, 5.74) is 2.07. The lowest BCUT2D eigenvalue weighted by Crippen LogP contribution is -2.00. The van der Waals surface area contributed by atoms with Crippen molar-refractivity contribution in [2.45, 2.75) is 0 Å². The third-order valence-electron chi connectivity index (χ3n) is 4.05. The number of nitrogens with zero attached hydrogens (tertiary/aromatic N) is 2. The molecular weight excluding hydrogens is 352 g/mol. The zero-order valence-corrected chi connectivity index (χ0v) is 13.7. The van der Waals surface area contributed by atoms with E-state index in [2.05, 4.69) is 0 Å². The van der Waals surface area contributed by atoms with E-state index in [9.17, 15) is 30.1 Å². The Morgan fingerprint density at radius 3 is 1.59 bits per heavy atom. The lowest BCUT2D eigenvalue weighted by Gasteiger charge is -2.09. The van der Waals surface area contributed by atoms with Crippen molar-refractivity contribution < 1.29 is 19.7 Å². The molecule has 8 nitrogen and oxygen atoms in total. The van der Waals surface area contributed by atoms with Crippen molar-refractivity contribution in [3.05, 3.63) is 92.5 Å². The highest BCUT2D eigenvalue weighted by atomic mass is 16.6. The molecule has 0 bridgehead atoms.